The molecule has 0 atom stereocenters. The topological polar surface area (TPSA) is 69.7 Å². The maximum atomic E-state index is 12.9. The van der Waals surface area contributed by atoms with Crippen LogP contribution in [0.3, 0.4) is 0 Å². The molecule has 144 valence electrons. The highest BCUT2D eigenvalue weighted by Gasteiger charge is 2.27. The van der Waals surface area contributed by atoms with E-state index in [1.54, 1.807) is 30.0 Å². The molecule has 0 unspecified atom stereocenters. The quantitative estimate of drug-likeness (QED) is 0.775. The number of carbonyl (C=O) groups excluding carboxylic acids is 1. The summed E-state index contributed by atoms with van der Waals surface area (Å²) in [4.78, 5) is 15.9. The second kappa shape index (κ2) is 8.43. The Kier molecular flexibility index (Phi) is 6.21. The summed E-state index contributed by atoms with van der Waals surface area (Å²) in [5.74, 6) is -0.330. The zero-order valence-electron chi connectivity index (χ0n) is 15.4. The van der Waals surface area contributed by atoms with E-state index in [0.29, 0.717) is 37.4 Å². The number of amides is 1. The number of piperazine rings is 1. The lowest BCUT2D eigenvalue weighted by Gasteiger charge is -2.31. The summed E-state index contributed by atoms with van der Waals surface area (Å²) in [6, 6.07) is 13.7. The molecule has 3 rings (SSSR count). The second-order valence-electron chi connectivity index (χ2n) is 6.42. The molecule has 0 saturated carbocycles. The highest BCUT2D eigenvalue weighted by molar-refractivity contribution is 7.98. The summed E-state index contributed by atoms with van der Waals surface area (Å²) in [7, 11) is -1.63. The molecule has 2 aromatic carbocycles. The van der Waals surface area contributed by atoms with Gasteiger partial charge in [-0.1, -0.05) is 12.1 Å². The van der Waals surface area contributed by atoms with E-state index in [4.69, 9.17) is 0 Å². The van der Waals surface area contributed by atoms with Gasteiger partial charge in [-0.2, -0.15) is 4.31 Å². The molecule has 0 radical (unpaired) electrons. The first kappa shape index (κ1) is 19.9. The molecule has 0 aromatic heterocycles. The Morgan fingerprint density at radius 2 is 1.74 bits per heavy atom. The Hall–Kier alpha value is -1.87. The number of sulfonamides is 1. The summed E-state index contributed by atoms with van der Waals surface area (Å²) >= 11 is 1.59. The van der Waals surface area contributed by atoms with Crippen molar-refractivity contribution in [3.8, 4) is 0 Å². The maximum Gasteiger partial charge on any atom is 0.255 e. The molecule has 6 nitrogen and oxygen atoms in total. The van der Waals surface area contributed by atoms with E-state index in [2.05, 4.69) is 10.2 Å². The van der Waals surface area contributed by atoms with Crippen LogP contribution in [-0.4, -0.2) is 63.0 Å². The molecular formula is C19H23N3O3S2. The smallest absolute Gasteiger partial charge is 0.255 e. The number of carbonyl (C=O) groups is 1. The van der Waals surface area contributed by atoms with Crippen LogP contribution < -0.4 is 5.32 Å². The third kappa shape index (κ3) is 4.70. The molecule has 27 heavy (non-hydrogen) atoms. The van der Waals surface area contributed by atoms with Crippen molar-refractivity contribution in [1.29, 1.82) is 0 Å². The first-order valence-electron chi connectivity index (χ1n) is 8.64. The van der Waals surface area contributed by atoms with Crippen molar-refractivity contribution < 1.29 is 13.2 Å². The van der Waals surface area contributed by atoms with E-state index in [0.717, 1.165) is 4.90 Å². The van der Waals surface area contributed by atoms with Gasteiger partial charge in [0, 0.05) is 42.3 Å². The zero-order valence-corrected chi connectivity index (χ0v) is 17.0. The second-order valence-corrected chi connectivity index (χ2v) is 9.24. The number of anilines is 1. The van der Waals surface area contributed by atoms with Gasteiger partial charge in [-0.25, -0.2) is 8.42 Å². The SMILES string of the molecule is CSc1cccc(NC(=O)c2cccc(S(=O)(=O)N3CCN(C)CC3)c2)c1. The average molecular weight is 406 g/mol. The number of thioether (sulfide) groups is 1. The lowest BCUT2D eigenvalue weighted by atomic mass is 10.2. The molecule has 1 N–H and O–H groups in total. The fraction of sp³-hybridized carbons (Fsp3) is 0.316. The number of hydrogen-bond acceptors (Lipinski definition) is 5. The largest absolute Gasteiger partial charge is 0.322 e. The van der Waals surface area contributed by atoms with Gasteiger partial charge in [-0.3, -0.25) is 4.79 Å². The minimum Gasteiger partial charge on any atom is -0.322 e. The highest BCUT2D eigenvalue weighted by Crippen LogP contribution is 2.21. The molecule has 0 spiro atoms. The monoisotopic (exact) mass is 405 g/mol. The van der Waals surface area contributed by atoms with Crippen LogP contribution >= 0.6 is 11.8 Å². The van der Waals surface area contributed by atoms with Gasteiger partial charge in [0.2, 0.25) is 10.0 Å². The van der Waals surface area contributed by atoms with E-state index in [1.165, 1.54) is 10.4 Å². The van der Waals surface area contributed by atoms with E-state index in [9.17, 15) is 13.2 Å². The van der Waals surface area contributed by atoms with Crippen LogP contribution in [0.15, 0.2) is 58.3 Å². The Bertz CT molecular complexity index is 923. The molecule has 8 heteroatoms. The maximum absolute atomic E-state index is 12.9. The first-order valence-corrected chi connectivity index (χ1v) is 11.3. The van der Waals surface area contributed by atoms with Gasteiger partial charge in [0.05, 0.1) is 4.90 Å². The number of benzene rings is 2. The molecule has 1 amide bonds. The number of likely N-dealkylation sites (N-methyl/N-ethyl adjacent to an activating group) is 1. The minimum atomic E-state index is -3.60. The van der Waals surface area contributed by atoms with Gasteiger partial charge >= 0.3 is 0 Å². The predicted molar refractivity (Wildman–Crippen MR) is 109 cm³/mol. The average Bonchev–Trinajstić information content (AvgIpc) is 2.68. The van der Waals surface area contributed by atoms with Crippen LogP contribution in [0.5, 0.6) is 0 Å². The van der Waals surface area contributed by atoms with Gasteiger partial charge in [-0.05, 0) is 49.7 Å². The summed E-state index contributed by atoms with van der Waals surface area (Å²) in [5, 5.41) is 2.83. The molecule has 1 heterocycles. The van der Waals surface area contributed by atoms with E-state index >= 15 is 0 Å². The molecule has 0 bridgehead atoms. The number of rotatable bonds is 5. The molecule has 1 fully saturated rings. The molecule has 1 saturated heterocycles. The Balaban J connectivity index is 1.79. The lowest BCUT2D eigenvalue weighted by Crippen LogP contribution is -2.47. The fourth-order valence-corrected chi connectivity index (χ4v) is 4.81. The van der Waals surface area contributed by atoms with E-state index in [-0.39, 0.29) is 10.8 Å². The Morgan fingerprint density at radius 3 is 2.44 bits per heavy atom. The van der Waals surface area contributed by atoms with Crippen LogP contribution in [0.2, 0.25) is 0 Å². The van der Waals surface area contributed by atoms with E-state index < -0.39 is 10.0 Å². The third-order valence-electron chi connectivity index (χ3n) is 4.52. The molecule has 1 aliphatic heterocycles. The van der Waals surface area contributed by atoms with Crippen LogP contribution in [0.25, 0.3) is 0 Å². The van der Waals surface area contributed by atoms with Crippen LogP contribution in [-0.2, 0) is 10.0 Å². The molecule has 2 aromatic rings. The van der Waals surface area contributed by atoms with Crippen molar-refractivity contribution in [3.63, 3.8) is 0 Å². The van der Waals surface area contributed by atoms with Crippen LogP contribution in [0.4, 0.5) is 5.69 Å². The summed E-state index contributed by atoms with van der Waals surface area (Å²) in [6.07, 6.45) is 1.97. The highest BCUT2D eigenvalue weighted by atomic mass is 32.2. The standard InChI is InChI=1S/C19H23N3O3S2/c1-21-9-11-22(12-10-21)27(24,25)18-8-3-5-15(13-18)19(23)20-16-6-4-7-17(14-16)26-2/h3-8,13-14H,9-12H2,1-2H3,(H,20,23). The summed E-state index contributed by atoms with van der Waals surface area (Å²) in [5.41, 5.74) is 0.999. The normalized spacial score (nSPS) is 16.2. The Labute approximate surface area is 164 Å². The van der Waals surface area contributed by atoms with Crippen molar-refractivity contribution in [3.05, 3.63) is 54.1 Å². The van der Waals surface area contributed by atoms with Gasteiger partial charge in [0.25, 0.3) is 5.91 Å². The summed E-state index contributed by atoms with van der Waals surface area (Å²) < 4.78 is 27.2. The zero-order chi connectivity index (χ0) is 19.4. The Morgan fingerprint density at radius 1 is 1.04 bits per heavy atom. The molecular weight excluding hydrogens is 382 g/mol. The lowest BCUT2D eigenvalue weighted by molar-refractivity contribution is 0.102. The van der Waals surface area contributed by atoms with Gasteiger partial charge < -0.3 is 10.2 Å². The van der Waals surface area contributed by atoms with E-state index in [1.807, 2.05) is 37.6 Å². The van der Waals surface area contributed by atoms with Crippen molar-refractivity contribution in [1.82, 2.24) is 9.21 Å². The van der Waals surface area contributed by atoms with Crippen molar-refractivity contribution in [2.24, 2.45) is 0 Å². The van der Waals surface area contributed by atoms with Crippen LogP contribution in [0, 0.1) is 0 Å². The molecule has 1 aliphatic rings. The van der Waals surface area contributed by atoms with Crippen LogP contribution in [0.1, 0.15) is 10.4 Å². The predicted octanol–water partition coefficient (Wildman–Crippen LogP) is 2.60. The number of hydrogen-bond donors (Lipinski definition) is 1. The van der Waals surface area contributed by atoms with Gasteiger partial charge in [-0.15, -0.1) is 11.8 Å². The third-order valence-corrected chi connectivity index (χ3v) is 7.14. The van der Waals surface area contributed by atoms with Gasteiger partial charge in [0.15, 0.2) is 0 Å². The van der Waals surface area contributed by atoms with Crippen molar-refractivity contribution in [2.75, 3.05) is 44.8 Å². The summed E-state index contributed by atoms with van der Waals surface area (Å²) in [6.45, 7) is 2.31. The minimum absolute atomic E-state index is 0.151. The fourth-order valence-electron chi connectivity index (χ4n) is 2.88. The van der Waals surface area contributed by atoms with Crippen molar-refractivity contribution in [2.45, 2.75) is 9.79 Å². The number of nitrogens with zero attached hydrogens (tertiary/aromatic N) is 2. The molecule has 0 aliphatic carbocycles. The van der Waals surface area contributed by atoms with Crippen molar-refractivity contribution >= 4 is 33.4 Å². The van der Waals surface area contributed by atoms with Gasteiger partial charge in [0.1, 0.15) is 0 Å². The number of nitrogens with one attached hydrogen (secondary N) is 1. The first-order chi connectivity index (χ1) is 12.9.